The van der Waals surface area contributed by atoms with E-state index in [4.69, 9.17) is 0 Å². The Morgan fingerprint density at radius 1 is 1.04 bits per heavy atom. The molecule has 1 saturated heterocycles. The predicted octanol–water partition coefficient (Wildman–Crippen LogP) is 3.58. The minimum atomic E-state index is -3.46. The Hall–Kier alpha value is -2.18. The van der Waals surface area contributed by atoms with Crippen molar-refractivity contribution in [3.05, 3.63) is 64.7 Å². The molecule has 1 aliphatic rings. The van der Waals surface area contributed by atoms with Gasteiger partial charge < -0.3 is 5.32 Å². The molecule has 144 valence electrons. The largest absolute Gasteiger partial charge is 0.346 e. The van der Waals surface area contributed by atoms with Crippen LogP contribution in [0, 0.1) is 13.8 Å². The number of rotatable bonds is 5. The highest BCUT2D eigenvalue weighted by atomic mass is 32.2. The Balaban J connectivity index is 1.72. The van der Waals surface area contributed by atoms with Gasteiger partial charge in [-0.3, -0.25) is 4.79 Å². The van der Waals surface area contributed by atoms with Crippen molar-refractivity contribution < 1.29 is 13.2 Å². The molecule has 2 aromatic rings. The van der Waals surface area contributed by atoms with Crippen LogP contribution in [-0.4, -0.2) is 31.7 Å². The number of hydrogen-bond donors (Lipinski definition) is 1. The number of nitrogens with zero attached hydrogens (tertiary/aromatic N) is 1. The van der Waals surface area contributed by atoms with Crippen LogP contribution in [-0.2, 0) is 10.0 Å². The quantitative estimate of drug-likeness (QED) is 0.854. The molecule has 2 aromatic carbocycles. The van der Waals surface area contributed by atoms with Gasteiger partial charge in [0.1, 0.15) is 0 Å². The Morgan fingerprint density at radius 3 is 2.26 bits per heavy atom. The summed E-state index contributed by atoms with van der Waals surface area (Å²) in [4.78, 5) is 12.8. The molecule has 0 aromatic heterocycles. The zero-order chi connectivity index (χ0) is 19.6. The van der Waals surface area contributed by atoms with Crippen molar-refractivity contribution in [2.45, 2.75) is 44.6 Å². The lowest BCUT2D eigenvalue weighted by Gasteiger charge is -2.18. The van der Waals surface area contributed by atoms with Crippen molar-refractivity contribution in [1.29, 1.82) is 0 Å². The van der Waals surface area contributed by atoms with Crippen LogP contribution < -0.4 is 5.32 Å². The molecule has 1 unspecified atom stereocenters. The summed E-state index contributed by atoms with van der Waals surface area (Å²) in [6.07, 6.45) is 1.80. The molecular weight excluding hydrogens is 360 g/mol. The van der Waals surface area contributed by atoms with Crippen LogP contribution in [0.3, 0.4) is 0 Å². The molecule has 0 radical (unpaired) electrons. The van der Waals surface area contributed by atoms with E-state index >= 15 is 0 Å². The molecule has 5 nitrogen and oxygen atoms in total. The van der Waals surface area contributed by atoms with Gasteiger partial charge in [0.15, 0.2) is 0 Å². The minimum absolute atomic E-state index is 0.133. The molecule has 1 atom stereocenters. The number of aryl methyl sites for hydroxylation is 2. The van der Waals surface area contributed by atoms with Crippen LogP contribution >= 0.6 is 0 Å². The van der Waals surface area contributed by atoms with Crippen LogP contribution in [0.2, 0.25) is 0 Å². The van der Waals surface area contributed by atoms with E-state index in [0.717, 1.165) is 24.0 Å². The third kappa shape index (κ3) is 4.22. The Bertz CT molecular complexity index is 930. The van der Waals surface area contributed by atoms with E-state index in [-0.39, 0.29) is 16.8 Å². The average Bonchev–Trinajstić information content (AvgIpc) is 3.17. The van der Waals surface area contributed by atoms with E-state index < -0.39 is 10.0 Å². The van der Waals surface area contributed by atoms with E-state index in [1.165, 1.54) is 22.0 Å². The number of nitrogens with one attached hydrogen (secondary N) is 1. The maximum atomic E-state index is 12.6. The van der Waals surface area contributed by atoms with Crippen molar-refractivity contribution in [2.24, 2.45) is 0 Å². The molecule has 1 fully saturated rings. The van der Waals surface area contributed by atoms with Gasteiger partial charge in [-0.2, -0.15) is 4.31 Å². The molecule has 27 heavy (non-hydrogen) atoms. The van der Waals surface area contributed by atoms with Gasteiger partial charge >= 0.3 is 0 Å². The molecule has 1 N–H and O–H groups in total. The third-order valence-electron chi connectivity index (χ3n) is 5.06. The molecular formula is C21H26N2O3S. The first-order valence-electron chi connectivity index (χ1n) is 9.27. The number of benzene rings is 2. The number of sulfonamides is 1. The highest BCUT2D eigenvalue weighted by molar-refractivity contribution is 7.89. The Kier molecular flexibility index (Phi) is 5.67. The molecule has 1 aliphatic heterocycles. The van der Waals surface area contributed by atoms with Crippen molar-refractivity contribution in [2.75, 3.05) is 13.1 Å². The Labute approximate surface area is 161 Å². The average molecular weight is 387 g/mol. The number of carbonyl (C=O) groups excluding carboxylic acids is 1. The molecule has 0 bridgehead atoms. The molecule has 1 amide bonds. The highest BCUT2D eigenvalue weighted by Crippen LogP contribution is 2.22. The van der Waals surface area contributed by atoms with Gasteiger partial charge in [-0.15, -0.1) is 0 Å². The molecule has 3 rings (SSSR count). The molecule has 1 heterocycles. The van der Waals surface area contributed by atoms with Crippen LogP contribution in [0.5, 0.6) is 0 Å². The van der Waals surface area contributed by atoms with Gasteiger partial charge in [-0.25, -0.2) is 8.42 Å². The van der Waals surface area contributed by atoms with Gasteiger partial charge in [0.25, 0.3) is 5.91 Å². The summed E-state index contributed by atoms with van der Waals surface area (Å²) < 4.78 is 26.6. The summed E-state index contributed by atoms with van der Waals surface area (Å²) >= 11 is 0. The summed E-state index contributed by atoms with van der Waals surface area (Å²) in [6.45, 7) is 7.15. The van der Waals surface area contributed by atoms with Gasteiger partial charge in [-0.1, -0.05) is 23.8 Å². The maximum absolute atomic E-state index is 12.6. The smallest absolute Gasteiger partial charge is 0.251 e. The minimum Gasteiger partial charge on any atom is -0.346 e. The predicted molar refractivity (Wildman–Crippen MR) is 106 cm³/mol. The first-order valence-corrected chi connectivity index (χ1v) is 10.7. The summed E-state index contributed by atoms with van der Waals surface area (Å²) in [6, 6.07) is 12.2. The highest BCUT2D eigenvalue weighted by Gasteiger charge is 2.27. The summed E-state index contributed by atoms with van der Waals surface area (Å²) in [7, 11) is -3.46. The van der Waals surface area contributed by atoms with E-state index in [0.29, 0.717) is 18.7 Å². The lowest BCUT2D eigenvalue weighted by atomic mass is 10.00. The van der Waals surface area contributed by atoms with Gasteiger partial charge in [0, 0.05) is 18.7 Å². The fourth-order valence-electron chi connectivity index (χ4n) is 3.53. The molecule has 0 spiro atoms. The zero-order valence-electron chi connectivity index (χ0n) is 16.0. The summed E-state index contributed by atoms with van der Waals surface area (Å²) in [5, 5.41) is 2.99. The molecule has 6 heteroatoms. The van der Waals surface area contributed by atoms with Gasteiger partial charge in [0.2, 0.25) is 10.0 Å². The number of hydrogen-bond acceptors (Lipinski definition) is 3. The fraction of sp³-hybridized carbons (Fsp3) is 0.381. The monoisotopic (exact) mass is 386 g/mol. The second-order valence-corrected chi connectivity index (χ2v) is 9.13. The fourth-order valence-corrected chi connectivity index (χ4v) is 5.04. The van der Waals surface area contributed by atoms with Crippen molar-refractivity contribution in [3.63, 3.8) is 0 Å². The van der Waals surface area contributed by atoms with Crippen LogP contribution in [0.4, 0.5) is 0 Å². The molecule has 0 saturated carbocycles. The third-order valence-corrected chi connectivity index (χ3v) is 6.97. The van der Waals surface area contributed by atoms with Crippen LogP contribution in [0.15, 0.2) is 47.4 Å². The van der Waals surface area contributed by atoms with E-state index in [9.17, 15) is 13.2 Å². The number of amides is 1. The lowest BCUT2D eigenvalue weighted by molar-refractivity contribution is 0.0939. The van der Waals surface area contributed by atoms with Crippen molar-refractivity contribution in [1.82, 2.24) is 9.62 Å². The second kappa shape index (κ2) is 7.82. The normalized spacial score (nSPS) is 16.3. The van der Waals surface area contributed by atoms with Crippen molar-refractivity contribution in [3.8, 4) is 0 Å². The lowest BCUT2D eigenvalue weighted by Crippen LogP contribution is -2.28. The second-order valence-electron chi connectivity index (χ2n) is 7.19. The van der Waals surface area contributed by atoms with E-state index in [2.05, 4.69) is 11.4 Å². The maximum Gasteiger partial charge on any atom is 0.251 e. The summed E-state index contributed by atoms with van der Waals surface area (Å²) in [5.74, 6) is -0.215. The van der Waals surface area contributed by atoms with Gasteiger partial charge in [-0.05, 0) is 69.0 Å². The van der Waals surface area contributed by atoms with Crippen LogP contribution in [0.25, 0.3) is 0 Å². The summed E-state index contributed by atoms with van der Waals surface area (Å²) in [5.41, 5.74) is 3.84. The Morgan fingerprint density at radius 2 is 1.67 bits per heavy atom. The SMILES string of the molecule is Cc1ccc(C(C)NC(=O)c2ccc(S(=O)(=O)N3CCCC3)cc2)c(C)c1. The van der Waals surface area contributed by atoms with Gasteiger partial charge in [0.05, 0.1) is 10.9 Å². The molecule has 0 aliphatic carbocycles. The van der Waals surface area contributed by atoms with Crippen LogP contribution in [0.1, 0.15) is 52.9 Å². The standard InChI is InChI=1S/C21H26N2O3S/c1-15-6-11-20(16(2)14-15)17(3)22-21(24)18-7-9-19(10-8-18)27(25,26)23-12-4-5-13-23/h6-11,14,17H,4-5,12-13H2,1-3H3,(H,22,24). The van der Waals surface area contributed by atoms with E-state index in [1.807, 2.05) is 32.9 Å². The van der Waals surface area contributed by atoms with E-state index in [1.54, 1.807) is 12.1 Å². The topological polar surface area (TPSA) is 66.5 Å². The first-order chi connectivity index (χ1) is 12.8. The first kappa shape index (κ1) is 19.6. The van der Waals surface area contributed by atoms with Crippen molar-refractivity contribution >= 4 is 15.9 Å². The number of carbonyl (C=O) groups is 1. The zero-order valence-corrected chi connectivity index (χ0v) is 16.8.